The van der Waals surface area contributed by atoms with Crippen LogP contribution in [-0.2, 0) is 0 Å². The summed E-state index contributed by atoms with van der Waals surface area (Å²) in [4.78, 5) is 8.54. The van der Waals surface area contributed by atoms with Gasteiger partial charge in [-0.2, -0.15) is 0 Å². The van der Waals surface area contributed by atoms with Gasteiger partial charge in [-0.25, -0.2) is 9.97 Å². The molecule has 0 spiro atoms. The number of aromatic nitrogens is 4. The lowest BCUT2D eigenvalue weighted by Crippen LogP contribution is -2.40. The molecule has 2 atom stereocenters. The van der Waals surface area contributed by atoms with Crippen LogP contribution in [0.2, 0.25) is 0 Å². The Morgan fingerprint density at radius 2 is 0.974 bits per heavy atom. The van der Waals surface area contributed by atoms with Crippen molar-refractivity contribution < 1.29 is 10.2 Å². The molecule has 4 heterocycles. The Morgan fingerprint density at radius 3 is 1.39 bits per heavy atom. The lowest BCUT2D eigenvalue weighted by atomic mass is 9.77. The number of hydrogen-bond acceptors (Lipinski definition) is 4. The van der Waals surface area contributed by atoms with Crippen molar-refractivity contribution in [1.29, 1.82) is 0 Å². The molecule has 2 N–H and O–H groups in total. The smallest absolute Gasteiger partial charge is 0.0957 e. The summed E-state index contributed by atoms with van der Waals surface area (Å²) < 4.78 is 4.33. The fourth-order valence-corrected chi connectivity index (χ4v) is 7.65. The first-order valence-corrected chi connectivity index (χ1v) is 14.3. The van der Waals surface area contributed by atoms with Crippen LogP contribution in [-0.4, -0.2) is 40.5 Å². The van der Waals surface area contributed by atoms with E-state index >= 15 is 0 Å². The number of hydrogen-bond donors (Lipinski definition) is 2. The van der Waals surface area contributed by atoms with Crippen molar-refractivity contribution in [2.75, 3.05) is 0 Å². The molecule has 0 saturated heterocycles. The molecule has 2 saturated carbocycles. The lowest BCUT2D eigenvalue weighted by Gasteiger charge is -2.38. The zero-order valence-electron chi connectivity index (χ0n) is 21.8. The van der Waals surface area contributed by atoms with E-state index in [1.165, 1.54) is 35.1 Å². The maximum absolute atomic E-state index is 11.1. The van der Waals surface area contributed by atoms with Crippen molar-refractivity contribution in [1.82, 2.24) is 19.1 Å². The number of fused-ring (bicyclic) bond motifs is 6. The lowest BCUT2D eigenvalue weighted by molar-refractivity contribution is -0.0284. The van der Waals surface area contributed by atoms with Gasteiger partial charge in [-0.05, 0) is 36.8 Å². The molecule has 2 aliphatic heterocycles. The van der Waals surface area contributed by atoms with Crippen LogP contribution < -0.4 is 0 Å². The standard InChI is InChI=1S/2C16H18N2O/c2*19-16(8-4-1-5-9-16)15-13-7-3-2-6-12(13)14-10-17-11-18(14)15/h2*2-3,6-7,10-11,15,19H,1,4-5,8-9H2/t2*15-/m10/s1. The summed E-state index contributed by atoms with van der Waals surface area (Å²) >= 11 is 0. The average molecular weight is 509 g/mol. The van der Waals surface area contributed by atoms with Gasteiger partial charge in [0.25, 0.3) is 0 Å². The van der Waals surface area contributed by atoms with Crippen LogP contribution in [0.5, 0.6) is 0 Å². The number of rotatable bonds is 2. The number of imidazole rings is 2. The van der Waals surface area contributed by atoms with E-state index in [1.807, 2.05) is 25.0 Å². The highest BCUT2D eigenvalue weighted by Gasteiger charge is 2.45. The Labute approximate surface area is 224 Å². The van der Waals surface area contributed by atoms with Gasteiger partial charge < -0.3 is 19.3 Å². The summed E-state index contributed by atoms with van der Waals surface area (Å²) in [5.74, 6) is 0. The summed E-state index contributed by atoms with van der Waals surface area (Å²) in [6.45, 7) is 0. The van der Waals surface area contributed by atoms with Crippen LogP contribution in [0, 0.1) is 0 Å². The molecule has 4 aromatic rings. The molecule has 38 heavy (non-hydrogen) atoms. The first-order chi connectivity index (χ1) is 18.6. The number of nitrogens with zero attached hydrogens (tertiary/aromatic N) is 4. The van der Waals surface area contributed by atoms with Crippen molar-refractivity contribution in [3.8, 4) is 22.5 Å². The monoisotopic (exact) mass is 508 g/mol. The van der Waals surface area contributed by atoms with Gasteiger partial charge >= 0.3 is 0 Å². The highest BCUT2D eigenvalue weighted by Crippen LogP contribution is 2.50. The van der Waals surface area contributed by atoms with Crippen LogP contribution >= 0.6 is 0 Å². The van der Waals surface area contributed by atoms with E-state index in [2.05, 4.69) is 67.6 Å². The second-order valence-corrected chi connectivity index (χ2v) is 11.7. The van der Waals surface area contributed by atoms with E-state index in [9.17, 15) is 10.2 Å². The van der Waals surface area contributed by atoms with Gasteiger partial charge in [0, 0.05) is 11.1 Å². The summed E-state index contributed by atoms with van der Waals surface area (Å²) in [6, 6.07) is 16.9. The Morgan fingerprint density at radius 1 is 0.579 bits per heavy atom. The van der Waals surface area contributed by atoms with Gasteiger partial charge in [-0.3, -0.25) is 0 Å². The third kappa shape index (κ3) is 3.69. The minimum Gasteiger partial charge on any atom is -0.387 e. The van der Waals surface area contributed by atoms with Crippen LogP contribution in [0.25, 0.3) is 22.5 Å². The normalized spacial score (nSPS) is 23.9. The van der Waals surface area contributed by atoms with Gasteiger partial charge in [0.1, 0.15) is 0 Å². The fraction of sp³-hybridized carbons (Fsp3) is 0.438. The Kier molecular flexibility index (Phi) is 5.78. The van der Waals surface area contributed by atoms with Crippen molar-refractivity contribution in [2.45, 2.75) is 87.5 Å². The molecular weight excluding hydrogens is 472 g/mol. The largest absolute Gasteiger partial charge is 0.387 e. The first kappa shape index (κ1) is 23.9. The van der Waals surface area contributed by atoms with Crippen LogP contribution in [0.4, 0.5) is 0 Å². The zero-order valence-corrected chi connectivity index (χ0v) is 21.8. The van der Waals surface area contributed by atoms with Crippen molar-refractivity contribution in [3.05, 3.63) is 84.7 Å². The van der Waals surface area contributed by atoms with E-state index in [-0.39, 0.29) is 12.1 Å². The minimum absolute atomic E-state index is 0.0431. The van der Waals surface area contributed by atoms with Gasteiger partial charge in [0.15, 0.2) is 0 Å². The summed E-state index contributed by atoms with van der Waals surface area (Å²) in [5.41, 5.74) is 6.02. The minimum atomic E-state index is -0.611. The van der Waals surface area contributed by atoms with Crippen molar-refractivity contribution in [3.63, 3.8) is 0 Å². The second-order valence-electron chi connectivity index (χ2n) is 11.7. The maximum Gasteiger partial charge on any atom is 0.0957 e. The third-order valence-electron chi connectivity index (χ3n) is 9.41. The predicted octanol–water partition coefficient (Wildman–Crippen LogP) is 6.30. The van der Waals surface area contributed by atoms with Crippen molar-refractivity contribution >= 4 is 0 Å². The van der Waals surface area contributed by atoms with E-state index in [0.29, 0.717) is 0 Å². The average Bonchev–Trinajstić information content (AvgIpc) is 3.70. The molecule has 2 fully saturated rings. The maximum atomic E-state index is 11.1. The molecular formula is C32H36N4O2. The van der Waals surface area contributed by atoms with E-state index in [1.54, 1.807) is 0 Å². The quantitative estimate of drug-likeness (QED) is 0.333. The molecule has 8 rings (SSSR count). The number of benzene rings is 2. The topological polar surface area (TPSA) is 76.1 Å². The molecule has 0 bridgehead atoms. The van der Waals surface area contributed by atoms with Crippen LogP contribution in [0.3, 0.4) is 0 Å². The molecule has 0 unspecified atom stereocenters. The van der Waals surface area contributed by atoms with Gasteiger partial charge in [-0.15, -0.1) is 0 Å². The molecule has 2 aromatic carbocycles. The second kappa shape index (κ2) is 9.21. The summed E-state index contributed by atoms with van der Waals surface area (Å²) in [6.07, 6.45) is 18.1. The van der Waals surface area contributed by atoms with Crippen molar-refractivity contribution in [2.24, 2.45) is 0 Å². The molecule has 0 amide bonds. The van der Waals surface area contributed by atoms with Crippen LogP contribution in [0.1, 0.15) is 87.4 Å². The summed E-state index contributed by atoms with van der Waals surface area (Å²) in [5, 5.41) is 22.3. The SMILES string of the molecule is OC1([C@@H]2c3ccccc3-c3cncn32)CCCCC1.OC1([C@H]2c3ccccc3-c3cncn32)CCCCC1. The molecule has 6 nitrogen and oxygen atoms in total. The number of aliphatic hydroxyl groups is 2. The molecule has 2 aromatic heterocycles. The Balaban J connectivity index is 0.000000127. The van der Waals surface area contributed by atoms with E-state index < -0.39 is 11.2 Å². The molecule has 6 heteroatoms. The first-order valence-electron chi connectivity index (χ1n) is 14.3. The molecule has 0 radical (unpaired) electrons. The molecule has 196 valence electrons. The highest BCUT2D eigenvalue weighted by molar-refractivity contribution is 5.70. The van der Waals surface area contributed by atoms with Gasteiger partial charge in [0.05, 0.1) is 59.7 Å². The van der Waals surface area contributed by atoms with E-state index in [0.717, 1.165) is 62.8 Å². The van der Waals surface area contributed by atoms with E-state index in [4.69, 9.17) is 0 Å². The van der Waals surface area contributed by atoms with Gasteiger partial charge in [-0.1, -0.05) is 87.1 Å². The Bertz CT molecular complexity index is 1330. The third-order valence-corrected chi connectivity index (χ3v) is 9.41. The molecule has 4 aliphatic rings. The summed E-state index contributed by atoms with van der Waals surface area (Å²) in [7, 11) is 0. The van der Waals surface area contributed by atoms with Gasteiger partial charge in [0.2, 0.25) is 0 Å². The fourth-order valence-electron chi connectivity index (χ4n) is 7.65. The zero-order chi connectivity index (χ0) is 25.7. The molecule has 2 aliphatic carbocycles. The highest BCUT2D eigenvalue weighted by atomic mass is 16.3. The van der Waals surface area contributed by atoms with Crippen LogP contribution in [0.15, 0.2) is 73.6 Å². The Hall–Kier alpha value is -3.22. The predicted molar refractivity (Wildman–Crippen MR) is 148 cm³/mol.